The number of carbonyl (C=O) groups is 2. The van der Waals surface area contributed by atoms with Crippen molar-refractivity contribution in [2.45, 2.75) is 64.9 Å². The van der Waals surface area contributed by atoms with Crippen LogP contribution in [0, 0.1) is 12.8 Å². The van der Waals surface area contributed by atoms with Crippen molar-refractivity contribution in [1.29, 1.82) is 0 Å². The van der Waals surface area contributed by atoms with Gasteiger partial charge in [-0.1, -0.05) is 24.3 Å². The van der Waals surface area contributed by atoms with E-state index in [4.69, 9.17) is 4.74 Å². The zero-order valence-corrected chi connectivity index (χ0v) is 25.5. The highest BCUT2D eigenvalue weighted by Gasteiger charge is 2.36. The number of ether oxygens (including phenoxy) is 1. The number of amides is 2. The van der Waals surface area contributed by atoms with Crippen molar-refractivity contribution < 1.29 is 27.5 Å². The first-order valence-corrected chi connectivity index (χ1v) is 14.7. The number of aromatic amines is 1. The van der Waals surface area contributed by atoms with E-state index >= 15 is 0 Å². The van der Waals surface area contributed by atoms with Crippen LogP contribution in [-0.2, 0) is 17.5 Å². The number of H-pyrrole nitrogens is 1. The fraction of sp³-hybridized carbons (Fsp3) is 0.375. The van der Waals surface area contributed by atoms with E-state index in [1.165, 1.54) is 18.9 Å². The van der Waals surface area contributed by atoms with Crippen LogP contribution in [-0.4, -0.2) is 44.1 Å². The van der Waals surface area contributed by atoms with Crippen molar-refractivity contribution in [2.24, 2.45) is 5.92 Å². The molecule has 0 spiro atoms. The Balaban J connectivity index is 1.39. The molecule has 0 radical (unpaired) electrons. The normalized spacial score (nSPS) is 14.2. The van der Waals surface area contributed by atoms with E-state index in [-0.39, 0.29) is 24.0 Å². The van der Waals surface area contributed by atoms with E-state index in [9.17, 15) is 22.8 Å². The molecule has 2 aromatic heterocycles. The van der Waals surface area contributed by atoms with Crippen LogP contribution >= 0.6 is 0 Å². The first-order valence-electron chi connectivity index (χ1n) is 14.7. The molecule has 0 aliphatic heterocycles. The summed E-state index contributed by atoms with van der Waals surface area (Å²) in [7, 11) is 0. The number of nitrogens with one attached hydrogen (secondary N) is 4. The minimum absolute atomic E-state index is 0.0521. The summed E-state index contributed by atoms with van der Waals surface area (Å²) in [5.41, 5.74) is 1.66. The van der Waals surface area contributed by atoms with E-state index < -0.39 is 29.5 Å². The summed E-state index contributed by atoms with van der Waals surface area (Å²) >= 11 is 0. The topological polar surface area (TPSA) is 126 Å². The fourth-order valence-corrected chi connectivity index (χ4v) is 4.83. The molecule has 1 unspecified atom stereocenters. The molecule has 0 saturated heterocycles. The van der Waals surface area contributed by atoms with Crippen LogP contribution in [0.4, 0.5) is 23.7 Å². The number of carbonyl (C=O) groups excluding carboxylic acids is 2. The van der Waals surface area contributed by atoms with Gasteiger partial charge in [0.2, 0.25) is 0 Å². The number of alkyl carbamates (subject to hydrolysis) is 1. The molecular weight excluding hydrogens is 587 g/mol. The van der Waals surface area contributed by atoms with Gasteiger partial charge in [0, 0.05) is 30.1 Å². The van der Waals surface area contributed by atoms with E-state index in [0.29, 0.717) is 17.2 Å². The molecule has 2 heterocycles. The van der Waals surface area contributed by atoms with Crippen molar-refractivity contribution in [3.63, 3.8) is 0 Å². The van der Waals surface area contributed by atoms with Gasteiger partial charge >= 0.3 is 12.3 Å². The van der Waals surface area contributed by atoms with Gasteiger partial charge in [0.25, 0.3) is 5.91 Å². The van der Waals surface area contributed by atoms with Crippen LogP contribution in [0.15, 0.2) is 60.8 Å². The van der Waals surface area contributed by atoms with Gasteiger partial charge in [0.15, 0.2) is 5.69 Å². The second kappa shape index (κ2) is 12.8. The average molecular weight is 624 g/mol. The van der Waals surface area contributed by atoms with Crippen LogP contribution in [0.5, 0.6) is 0 Å². The van der Waals surface area contributed by atoms with Crippen LogP contribution in [0.25, 0.3) is 5.69 Å². The van der Waals surface area contributed by atoms with Crippen molar-refractivity contribution in [1.82, 2.24) is 30.6 Å². The summed E-state index contributed by atoms with van der Waals surface area (Å²) in [6, 6.07) is 14.1. The Morgan fingerprint density at radius 2 is 1.84 bits per heavy atom. The lowest BCUT2D eigenvalue weighted by molar-refractivity contribution is -0.141. The van der Waals surface area contributed by atoms with Gasteiger partial charge in [-0.15, -0.1) is 0 Å². The highest BCUT2D eigenvalue weighted by atomic mass is 19.4. The maximum Gasteiger partial charge on any atom is 0.435 e. The molecule has 4 N–H and O–H groups in total. The Bertz CT molecular complexity index is 1670. The summed E-state index contributed by atoms with van der Waals surface area (Å²) in [4.78, 5) is 25.6. The molecule has 13 heteroatoms. The highest BCUT2D eigenvalue weighted by Crippen LogP contribution is 2.32. The third-order valence-electron chi connectivity index (χ3n) is 7.19. The summed E-state index contributed by atoms with van der Waals surface area (Å²) in [6.07, 6.45) is -1.23. The second-order valence-electron chi connectivity index (χ2n) is 12.1. The zero-order valence-electron chi connectivity index (χ0n) is 25.5. The number of halogens is 3. The van der Waals surface area contributed by atoms with Gasteiger partial charge in [0.05, 0.1) is 17.4 Å². The van der Waals surface area contributed by atoms with Gasteiger partial charge in [0.1, 0.15) is 11.3 Å². The lowest BCUT2D eigenvalue weighted by Gasteiger charge is -2.20. The number of hydrogen-bond acceptors (Lipinski definition) is 6. The van der Waals surface area contributed by atoms with E-state index in [1.807, 2.05) is 19.2 Å². The Morgan fingerprint density at radius 3 is 2.51 bits per heavy atom. The van der Waals surface area contributed by atoms with Crippen molar-refractivity contribution >= 4 is 17.7 Å². The maximum atomic E-state index is 13.8. The maximum absolute atomic E-state index is 13.8. The number of rotatable bonds is 10. The number of alkyl halides is 3. The van der Waals surface area contributed by atoms with Gasteiger partial charge in [-0.3, -0.25) is 9.89 Å². The third kappa shape index (κ3) is 8.29. The van der Waals surface area contributed by atoms with Gasteiger partial charge < -0.3 is 20.7 Å². The number of nitrogens with zero attached hydrogens (tertiary/aromatic N) is 3. The molecule has 45 heavy (non-hydrogen) atoms. The Morgan fingerprint density at radius 1 is 1.09 bits per heavy atom. The monoisotopic (exact) mass is 623 g/mol. The highest BCUT2D eigenvalue weighted by molar-refractivity contribution is 6.03. The Labute approximate surface area is 258 Å². The quantitative estimate of drug-likeness (QED) is 0.165. The molecule has 238 valence electrons. The predicted octanol–water partition coefficient (Wildman–Crippen LogP) is 6.29. The van der Waals surface area contributed by atoms with Crippen LogP contribution in [0.3, 0.4) is 0 Å². The van der Waals surface area contributed by atoms with Crippen LogP contribution in [0.1, 0.15) is 78.2 Å². The molecule has 1 saturated carbocycles. The minimum atomic E-state index is -4.78. The summed E-state index contributed by atoms with van der Waals surface area (Å²) in [6.45, 7) is 7.99. The number of aryl methyl sites for hydroxylation is 1. The van der Waals surface area contributed by atoms with Gasteiger partial charge in [-0.25, -0.2) is 9.48 Å². The molecule has 1 atom stereocenters. The average Bonchev–Trinajstić information content (AvgIpc) is 3.50. The van der Waals surface area contributed by atoms with Crippen molar-refractivity contribution in [2.75, 3.05) is 11.9 Å². The molecule has 10 nitrogen and oxygen atoms in total. The lowest BCUT2D eigenvalue weighted by atomic mass is 9.98. The molecule has 5 rings (SSSR count). The number of benzene rings is 2. The molecule has 1 fully saturated rings. The van der Waals surface area contributed by atoms with Crippen LogP contribution in [0.2, 0.25) is 0 Å². The van der Waals surface area contributed by atoms with Crippen LogP contribution < -0.4 is 16.0 Å². The first-order chi connectivity index (χ1) is 21.3. The van der Waals surface area contributed by atoms with Gasteiger partial charge in [-0.2, -0.15) is 23.4 Å². The van der Waals surface area contributed by atoms with E-state index in [1.54, 1.807) is 57.2 Å². The van der Waals surface area contributed by atoms with Crippen molar-refractivity contribution in [3.05, 3.63) is 94.6 Å². The third-order valence-corrected chi connectivity index (χ3v) is 7.19. The zero-order chi connectivity index (χ0) is 32.4. The molecule has 2 amide bonds. The SMILES string of the molecule is Cc1n[nH]cc1C(NCC1CC1)c1cccc(NC(=O)c2cc(C(F)(F)F)nn2-c2cccc(CNC(=O)OC(C)(C)C)c2)c1. The molecule has 1 aliphatic rings. The fourth-order valence-electron chi connectivity index (χ4n) is 4.83. The molecule has 0 bridgehead atoms. The Hall–Kier alpha value is -4.65. The lowest BCUT2D eigenvalue weighted by Crippen LogP contribution is -2.32. The van der Waals surface area contributed by atoms with E-state index in [0.717, 1.165) is 34.1 Å². The van der Waals surface area contributed by atoms with E-state index in [2.05, 4.69) is 31.2 Å². The summed E-state index contributed by atoms with van der Waals surface area (Å²) in [5, 5.41) is 19.8. The summed E-state index contributed by atoms with van der Waals surface area (Å²) < 4.78 is 47.5. The molecule has 1 aliphatic carbocycles. The summed E-state index contributed by atoms with van der Waals surface area (Å²) in [5.74, 6) is -0.147. The molecule has 4 aromatic rings. The number of hydrogen-bond donors (Lipinski definition) is 4. The Kier molecular flexibility index (Phi) is 9.01. The molecule has 2 aromatic carbocycles. The standard InChI is InChI=1S/C32H36F3N7O3/c1-19-25(18-38-40-19)28(36-16-20-11-12-20)22-8-6-9-23(14-22)39-29(43)26-15-27(32(33,34)35)41-42(26)24-10-5-7-21(13-24)17-37-30(44)45-31(2,3)4/h5-10,13-15,18,20,28,36H,11-12,16-17H2,1-4H3,(H,37,44)(H,38,40)(H,39,43). The predicted molar refractivity (Wildman–Crippen MR) is 162 cm³/mol. The largest absolute Gasteiger partial charge is 0.444 e. The smallest absolute Gasteiger partial charge is 0.435 e. The number of anilines is 1. The first kappa shape index (κ1) is 31.8. The minimum Gasteiger partial charge on any atom is -0.444 e. The molecular formula is C32H36F3N7O3. The second-order valence-corrected chi connectivity index (χ2v) is 12.1. The van der Waals surface area contributed by atoms with Crippen molar-refractivity contribution in [3.8, 4) is 5.69 Å². The number of aromatic nitrogens is 4. The van der Waals surface area contributed by atoms with Gasteiger partial charge in [-0.05, 0) is 88.4 Å².